The lowest BCUT2D eigenvalue weighted by molar-refractivity contribution is -0.129. The highest BCUT2D eigenvalue weighted by molar-refractivity contribution is 7.08. The Labute approximate surface area is 893 Å². The third-order valence-electron chi connectivity index (χ3n) is 24.3. The number of hydrogen-bond acceptors (Lipinski definition) is 10. The van der Waals surface area contributed by atoms with Crippen LogP contribution >= 0.6 is 11.3 Å². The maximum atomic E-state index is 11.1. The van der Waals surface area contributed by atoms with Crippen LogP contribution in [-0.2, 0) is 71.2 Å². The van der Waals surface area contributed by atoms with Gasteiger partial charge in [-0.3, -0.25) is 34.6 Å². The summed E-state index contributed by atoms with van der Waals surface area (Å²) in [7, 11) is 0. The molecule has 1 fully saturated rings. The molecule has 1 saturated heterocycles. The van der Waals surface area contributed by atoms with Crippen LogP contribution in [0.2, 0.25) is 0 Å². The minimum Gasteiger partial charge on any atom is -0.358 e. The number of H-pyrrole nitrogens is 2. The Morgan fingerprint density at radius 2 is 0.945 bits per heavy atom. The first-order valence-corrected chi connectivity index (χ1v) is 53.4. The van der Waals surface area contributed by atoms with Gasteiger partial charge in [0, 0.05) is 99.2 Å². The first-order chi connectivity index (χ1) is 66.8. The van der Waals surface area contributed by atoms with Crippen molar-refractivity contribution < 1.29 is 9.59 Å². The zero-order chi connectivity index (χ0) is 110. The monoisotopic (exact) mass is 2000 g/mol. The van der Waals surface area contributed by atoms with Crippen LogP contribution in [0.15, 0.2) is 287 Å². The average Bonchev–Trinajstić information content (AvgIpc) is 1.66. The van der Waals surface area contributed by atoms with Crippen LogP contribution in [-0.4, -0.2) is 90.3 Å². The second-order valence-corrected chi connectivity index (χ2v) is 52.5. The van der Waals surface area contributed by atoms with Gasteiger partial charge in [0.2, 0.25) is 11.8 Å². The van der Waals surface area contributed by atoms with E-state index in [9.17, 15) is 9.59 Å². The Kier molecular flexibility index (Phi) is 50.8. The van der Waals surface area contributed by atoms with Crippen molar-refractivity contribution in [2.24, 2.45) is 36.6 Å². The van der Waals surface area contributed by atoms with Crippen LogP contribution in [0.1, 0.15) is 383 Å². The normalized spacial score (nSPS) is 14.0. The molecule has 0 atom stereocenters. The summed E-state index contributed by atoms with van der Waals surface area (Å²) >= 11 is 1.77. The Balaban J connectivity index is 0.000000405. The summed E-state index contributed by atoms with van der Waals surface area (Å²) < 4.78 is 0. The van der Waals surface area contributed by atoms with Gasteiger partial charge in [0.15, 0.2) is 0 Å². The molecule has 0 bridgehead atoms. The van der Waals surface area contributed by atoms with E-state index in [2.05, 4.69) is 564 Å². The number of rotatable bonds is 1. The summed E-state index contributed by atoms with van der Waals surface area (Å²) in [6.07, 6.45) is 26.8. The maximum Gasteiger partial charge on any atom is 0.228 e. The number of fused-ring (bicyclic) bond motifs is 3. The maximum absolute atomic E-state index is 11.1. The Hall–Kier alpha value is -11.1. The zero-order valence-corrected chi connectivity index (χ0v) is 98.8. The minimum absolute atomic E-state index is 0. The smallest absolute Gasteiger partial charge is 0.228 e. The molecule has 796 valence electrons. The summed E-state index contributed by atoms with van der Waals surface area (Å²) in [5.74, 6) is 2.33. The van der Waals surface area contributed by atoms with Crippen LogP contribution in [0.3, 0.4) is 0 Å². The minimum atomic E-state index is 0. The van der Waals surface area contributed by atoms with Gasteiger partial charge in [0.1, 0.15) is 18.0 Å². The van der Waals surface area contributed by atoms with E-state index in [1.807, 2.05) is 47.9 Å². The molecule has 0 unspecified atom stereocenters. The molecular weight excluding hydrogens is 1800 g/mol. The van der Waals surface area contributed by atoms with Crippen molar-refractivity contribution in [1.29, 1.82) is 0 Å². The number of amides is 2. The topological polar surface area (TPSA) is 170 Å². The van der Waals surface area contributed by atoms with Gasteiger partial charge in [-0.25, -0.2) is 9.98 Å². The van der Waals surface area contributed by atoms with Gasteiger partial charge in [-0.2, -0.15) is 16.4 Å². The highest BCUT2D eigenvalue weighted by Gasteiger charge is 2.28. The van der Waals surface area contributed by atoms with Gasteiger partial charge in [-0.15, -0.1) is 0 Å². The molecule has 4 aliphatic heterocycles. The van der Waals surface area contributed by atoms with E-state index in [1.165, 1.54) is 89.9 Å². The number of allylic oxidation sites excluding steroid dienone is 7. The second kappa shape index (κ2) is 57.5. The molecule has 3 N–H and O–H groups in total. The number of nitrogens with one attached hydrogen (secondary N) is 3. The fourth-order valence-electron chi connectivity index (χ4n) is 14.8. The fourth-order valence-corrected chi connectivity index (χ4v) is 15.7. The van der Waals surface area contributed by atoms with Crippen LogP contribution in [0.5, 0.6) is 0 Å². The zero-order valence-electron chi connectivity index (χ0n) is 98.0. The molecule has 11 aromatic rings. The van der Waals surface area contributed by atoms with E-state index in [0.29, 0.717) is 40.0 Å². The molecule has 5 aromatic heterocycles. The number of hydrogen-bond donors (Lipinski definition) is 3. The molecule has 9 heterocycles. The van der Waals surface area contributed by atoms with Crippen molar-refractivity contribution in [1.82, 2.24) is 35.0 Å². The van der Waals surface area contributed by atoms with E-state index in [1.54, 1.807) is 11.3 Å². The van der Waals surface area contributed by atoms with Crippen molar-refractivity contribution in [3.05, 3.63) is 345 Å². The number of aliphatic imine (C=N–C) groups is 3. The van der Waals surface area contributed by atoms with Crippen LogP contribution < -0.4 is 5.32 Å². The third kappa shape index (κ3) is 48.7. The molecule has 17 rings (SSSR count). The number of benzene rings is 6. The lowest BCUT2D eigenvalue weighted by atomic mass is 9.83. The van der Waals surface area contributed by atoms with Crippen LogP contribution in [0, 0.1) is 28.6 Å². The number of amidine groups is 1. The second-order valence-electron chi connectivity index (χ2n) is 51.7. The lowest BCUT2D eigenvalue weighted by Crippen LogP contribution is -2.31. The number of nitrogens with zero attached hydrogens (tertiary/aromatic N) is 8. The van der Waals surface area contributed by atoms with Gasteiger partial charge in [-0.1, -0.05) is 459 Å². The quantitative estimate of drug-likeness (QED) is 0.148. The van der Waals surface area contributed by atoms with Crippen molar-refractivity contribution in [2.75, 3.05) is 25.0 Å². The first-order valence-electron chi connectivity index (χ1n) is 52.4. The largest absolute Gasteiger partial charge is 0.358 e. The average molecular weight is 2000 g/mol. The Morgan fingerprint density at radius 3 is 1.29 bits per heavy atom. The molecule has 6 aliphatic rings. The summed E-state index contributed by atoms with van der Waals surface area (Å²) in [4.78, 5) is 52.3. The van der Waals surface area contributed by atoms with Crippen molar-refractivity contribution in [3.8, 4) is 0 Å². The molecule has 2 amide bonds. The van der Waals surface area contributed by atoms with Crippen LogP contribution in [0.25, 0.3) is 16.5 Å². The highest BCUT2D eigenvalue weighted by atomic mass is 32.1. The van der Waals surface area contributed by atoms with Crippen molar-refractivity contribution >= 4 is 63.1 Å². The van der Waals surface area contributed by atoms with E-state index in [-0.39, 0.29) is 62.1 Å². The molecule has 14 heteroatoms. The Morgan fingerprint density at radius 1 is 0.425 bits per heavy atom. The van der Waals surface area contributed by atoms with E-state index in [4.69, 9.17) is 0 Å². The molecule has 146 heavy (non-hydrogen) atoms. The summed E-state index contributed by atoms with van der Waals surface area (Å²) in [5.41, 5.74) is 25.6. The standard InChI is InChI=1S/C13H16.C12H15NO.C12H15N.C11H16.2C10H14.2C9H13N.C9H14.C8H13N.C8H12S.C7H12N2.C7H13NO.C6H11N3.CH4/c1-13(2,3)12-9-8-10-6-4-5-7-11(10)12;1-12(2,3)9-5-4-8-6-11(14)13-10(8)7-9;1-12(2,3)11-8-9-6-4-5-7-10(9)13-11;1-9-5-7-10(8-6-9)11(2,3)4;2*1-10(2,3)9-7-5-4-6-8-9;1-9(2,3)8-4-6-10-7-5-8;1-9(2,3)8-6-4-5-7-10-8;1-9(2,3)8-6-4-5-7-8;1-8(2,3)7-5-4-6-9-7;1-8(2,3)7-4-5-9-6-7;1-7(2,3)6-8-4-5-9-6;1-6(2)8-5-3-4-7(8)9;1-6(2,3)5-7-4-8-9-5;/h4-7,9H,8H2,1-3H3;4-5,7H,6H2,1-3H3,(H,13,14);4-8,13H,1-3H3;5-8H,1-4H3;2*4-8H,1-3H3;2*4-7H,1-3H3;4,6-7H,5H2,1-3H3;4-5H,6H2,1-3H3;4-6H,1-3H3;4H,5H2,1-3H3;6H,3-5H2,1-2H3;4H,1-3H3,(H,7,8,9);1H4. The van der Waals surface area contributed by atoms with Crippen molar-refractivity contribution in [2.45, 2.75) is 385 Å². The van der Waals surface area contributed by atoms with E-state index >= 15 is 0 Å². The number of anilines is 1. The predicted molar refractivity (Wildman–Crippen MR) is 641 cm³/mol. The number of aryl methyl sites for hydroxylation is 1. The molecule has 0 radical (unpaired) electrons. The summed E-state index contributed by atoms with van der Waals surface area (Å²) in [5, 5.41) is 15.1. The first kappa shape index (κ1) is 129. The fraction of sp³-hybridized carbons (Fsp3) is 0.492. The number of thiophene rings is 1. The molecule has 13 nitrogen and oxygen atoms in total. The number of carbonyl (C=O) groups excluding carboxylic acids is 2. The number of aromatic amines is 2. The van der Waals surface area contributed by atoms with Crippen molar-refractivity contribution in [3.63, 3.8) is 0 Å². The van der Waals surface area contributed by atoms with Crippen LogP contribution in [0.4, 0.5) is 5.69 Å². The SMILES string of the molecule is C.CC(C)(C)C1=CCC=C1.CC(C)(C)C1=CCc2ccccc21.CC(C)(C)C1=NCC=C1.CC(C)(C)C1=NCC=N1.CC(C)(C)c1cc2ccccc2[nH]1.CC(C)(C)c1ccc2c(c1)NC(=O)C2.CC(C)(C)c1ccccc1.CC(C)(C)c1ccccc1.CC(C)(C)c1ccccn1.CC(C)(C)c1ccncc1.CC(C)(C)c1ccsc1.CC(C)(C)c1ncn[nH]1.CC(C)N1CCCC1=O.Cc1ccc(C(C)(C)C)cc1. The molecule has 6 aromatic carbocycles. The molecule has 0 saturated carbocycles. The van der Waals surface area contributed by atoms with E-state index in [0.717, 1.165) is 73.9 Å². The highest BCUT2D eigenvalue weighted by Crippen LogP contribution is 2.41. The van der Waals surface area contributed by atoms with Gasteiger partial charge in [0.25, 0.3) is 0 Å². The lowest BCUT2D eigenvalue weighted by Gasteiger charge is -2.21. The van der Waals surface area contributed by atoms with Gasteiger partial charge >= 0.3 is 0 Å². The predicted octanol–water partition coefficient (Wildman–Crippen LogP) is 35.9. The van der Waals surface area contributed by atoms with Gasteiger partial charge in [-0.05, 0) is 215 Å². The van der Waals surface area contributed by atoms with E-state index < -0.39 is 0 Å². The number of para-hydroxylation sites is 1. The molecule has 2 aliphatic carbocycles. The number of likely N-dealkylation sites (tertiary alicyclic amines) is 1. The Bertz CT molecular complexity index is 5460. The summed E-state index contributed by atoms with van der Waals surface area (Å²) in [6, 6.07) is 68.1. The van der Waals surface area contributed by atoms with Gasteiger partial charge < -0.3 is 15.2 Å². The number of carbonyl (C=O) groups is 2. The molecular formula is C132H195N11O2S. The molecule has 0 spiro atoms. The van der Waals surface area contributed by atoms with Gasteiger partial charge in [0.05, 0.1) is 19.5 Å². The number of pyridine rings is 2. The third-order valence-corrected chi connectivity index (χ3v) is 24.9. The summed E-state index contributed by atoms with van der Waals surface area (Å²) in [6.45, 7) is 94.6. The number of aromatic nitrogens is 6.